The van der Waals surface area contributed by atoms with Gasteiger partial charge in [0.15, 0.2) is 0 Å². The number of aliphatic hydroxyl groups excluding tert-OH is 8. The van der Waals surface area contributed by atoms with Crippen LogP contribution in [0, 0.1) is 6.92 Å². The third-order valence-electron chi connectivity index (χ3n) is 7.96. The summed E-state index contributed by atoms with van der Waals surface area (Å²) in [6.07, 6.45) is -17.1. The van der Waals surface area contributed by atoms with Gasteiger partial charge in [0.25, 0.3) is 0 Å². The third kappa shape index (κ3) is 4.52. The molecule has 14 heteroatoms. The average molecular weight is 581 g/mol. The Bertz CT molecular complexity index is 1310. The molecular formula is C27H32O14. The summed E-state index contributed by atoms with van der Waals surface area (Å²) in [6, 6.07) is 6.55. The van der Waals surface area contributed by atoms with Gasteiger partial charge in [0.2, 0.25) is 12.1 Å². The maximum atomic E-state index is 13.9. The maximum absolute atomic E-state index is 13.9. The quantitative estimate of drug-likeness (QED) is 0.165. The predicted octanol–water partition coefficient (Wildman–Crippen LogP) is -3.50. The molecule has 2 aromatic carbocycles. The van der Waals surface area contributed by atoms with Crippen LogP contribution in [0.25, 0.3) is 0 Å². The highest BCUT2D eigenvalue weighted by Crippen LogP contribution is 2.50. The van der Waals surface area contributed by atoms with Gasteiger partial charge in [-0.05, 0) is 24.6 Å². The van der Waals surface area contributed by atoms with Crippen molar-refractivity contribution in [3.05, 3.63) is 58.1 Å². The van der Waals surface area contributed by atoms with E-state index in [9.17, 15) is 55.9 Å². The molecule has 2 aliphatic heterocycles. The van der Waals surface area contributed by atoms with E-state index in [-0.39, 0.29) is 22.4 Å². The summed E-state index contributed by atoms with van der Waals surface area (Å²) < 4.78 is 16.9. The minimum atomic E-state index is -2.50. The Morgan fingerprint density at radius 2 is 1.41 bits per heavy atom. The van der Waals surface area contributed by atoms with Crippen molar-refractivity contribution in [3.63, 3.8) is 0 Å². The van der Waals surface area contributed by atoms with Gasteiger partial charge in [-0.25, -0.2) is 0 Å². The van der Waals surface area contributed by atoms with Crippen LogP contribution < -0.4 is 4.74 Å². The van der Waals surface area contributed by atoms with Crippen molar-refractivity contribution in [3.8, 4) is 11.5 Å². The summed E-state index contributed by atoms with van der Waals surface area (Å²) in [4.78, 5) is 13.9. The van der Waals surface area contributed by atoms with Crippen molar-refractivity contribution in [1.29, 1.82) is 0 Å². The van der Waals surface area contributed by atoms with E-state index in [1.54, 1.807) is 6.92 Å². The Kier molecular flexibility index (Phi) is 7.86. The molecule has 3 aliphatic rings. The largest absolute Gasteiger partial charge is 0.507 e. The molecule has 0 amide bonds. The van der Waals surface area contributed by atoms with Crippen molar-refractivity contribution in [2.45, 2.75) is 73.8 Å². The molecule has 0 spiro atoms. The molecule has 0 aromatic heterocycles. The molecule has 10 N–H and O–H groups in total. The van der Waals surface area contributed by atoms with Gasteiger partial charge in [-0.1, -0.05) is 18.2 Å². The lowest BCUT2D eigenvalue weighted by molar-refractivity contribution is -0.277. The highest BCUT2D eigenvalue weighted by Gasteiger charge is 2.58. The molecule has 2 saturated heterocycles. The van der Waals surface area contributed by atoms with Crippen molar-refractivity contribution in [2.75, 3.05) is 13.2 Å². The van der Waals surface area contributed by atoms with Crippen LogP contribution >= 0.6 is 0 Å². The van der Waals surface area contributed by atoms with E-state index < -0.39 is 97.1 Å². The molecule has 0 saturated carbocycles. The van der Waals surface area contributed by atoms with Crippen molar-refractivity contribution in [1.82, 2.24) is 0 Å². The SMILES string of the molecule is Cc1cc(O)c2c(c1)C(O)(C1OC(CO)C(O)C(O)C1O)c1cccc(OC3OC(CO)C(O)C(O)C3O)c1C2=O. The number of phenols is 1. The summed E-state index contributed by atoms with van der Waals surface area (Å²) in [5.74, 6) is -1.70. The number of ether oxygens (including phenoxy) is 3. The van der Waals surface area contributed by atoms with Gasteiger partial charge >= 0.3 is 0 Å². The number of aliphatic hydroxyl groups is 9. The fourth-order valence-electron chi connectivity index (χ4n) is 5.80. The van der Waals surface area contributed by atoms with Crippen LogP contribution in [-0.2, 0) is 15.1 Å². The van der Waals surface area contributed by atoms with Gasteiger partial charge in [-0.15, -0.1) is 0 Å². The number of ketones is 1. The van der Waals surface area contributed by atoms with E-state index in [0.29, 0.717) is 5.56 Å². The molecule has 0 bridgehead atoms. The highest BCUT2D eigenvalue weighted by atomic mass is 16.7. The number of fused-ring (bicyclic) bond motifs is 2. The van der Waals surface area contributed by atoms with E-state index in [1.807, 2.05) is 0 Å². The molecule has 11 unspecified atom stereocenters. The smallest absolute Gasteiger partial charge is 0.229 e. The first-order chi connectivity index (χ1) is 19.4. The van der Waals surface area contributed by atoms with E-state index in [4.69, 9.17) is 14.2 Å². The van der Waals surface area contributed by atoms with Crippen LogP contribution in [0.15, 0.2) is 30.3 Å². The lowest BCUT2D eigenvalue weighted by Gasteiger charge is -2.49. The molecular weight excluding hydrogens is 548 g/mol. The molecule has 2 aromatic rings. The van der Waals surface area contributed by atoms with E-state index in [0.717, 1.165) is 0 Å². The standard InChI is InChI=1S/C27H32O14/c1-9-5-11-16(12(30)6-9)20(33)17-10(27(11,38)25-23(36)21(34)18(31)14(7-28)39-25)3-2-4-13(17)40-26-24(37)22(35)19(32)15(8-29)41-26/h2-6,14-15,18-19,21-26,28-32,34-38H,7-8H2,1H3. The lowest BCUT2D eigenvalue weighted by Crippen LogP contribution is -2.65. The van der Waals surface area contributed by atoms with E-state index in [2.05, 4.69) is 0 Å². The van der Waals surface area contributed by atoms with Crippen LogP contribution in [0.3, 0.4) is 0 Å². The van der Waals surface area contributed by atoms with Crippen LogP contribution in [0.2, 0.25) is 0 Å². The van der Waals surface area contributed by atoms with Gasteiger partial charge in [-0.3, -0.25) is 4.79 Å². The molecule has 14 nitrogen and oxygen atoms in total. The second kappa shape index (κ2) is 10.8. The van der Waals surface area contributed by atoms with Gasteiger partial charge in [0.1, 0.15) is 72.0 Å². The summed E-state index contributed by atoms with van der Waals surface area (Å²) >= 11 is 0. The zero-order valence-corrected chi connectivity index (χ0v) is 21.7. The van der Waals surface area contributed by atoms with Gasteiger partial charge in [-0.2, -0.15) is 0 Å². The molecule has 5 rings (SSSR count). The second-order valence-electron chi connectivity index (χ2n) is 10.5. The predicted molar refractivity (Wildman–Crippen MR) is 134 cm³/mol. The van der Waals surface area contributed by atoms with Crippen LogP contribution in [0.1, 0.15) is 32.6 Å². The van der Waals surface area contributed by atoms with Gasteiger partial charge < -0.3 is 65.3 Å². The van der Waals surface area contributed by atoms with E-state index >= 15 is 0 Å². The highest BCUT2D eigenvalue weighted by molar-refractivity contribution is 6.16. The fraction of sp³-hybridized carbons (Fsp3) is 0.519. The summed E-state index contributed by atoms with van der Waals surface area (Å²) in [5.41, 5.74) is -3.25. The monoisotopic (exact) mass is 580 g/mol. The number of rotatable bonds is 5. The molecule has 0 radical (unpaired) electrons. The number of benzene rings is 2. The minimum Gasteiger partial charge on any atom is -0.507 e. The first-order valence-corrected chi connectivity index (χ1v) is 12.9. The molecule has 2 heterocycles. The zero-order chi connectivity index (χ0) is 30.0. The lowest BCUT2D eigenvalue weighted by atomic mass is 9.68. The molecule has 1 aliphatic carbocycles. The Morgan fingerprint density at radius 3 is 2.05 bits per heavy atom. The van der Waals surface area contributed by atoms with Crippen molar-refractivity contribution < 1.29 is 70.1 Å². The molecule has 41 heavy (non-hydrogen) atoms. The Hall–Kier alpha value is -2.73. The number of hydrogen-bond donors (Lipinski definition) is 10. The average Bonchev–Trinajstić information content (AvgIpc) is 2.94. The second-order valence-corrected chi connectivity index (χ2v) is 10.5. The number of carbonyl (C=O) groups excluding carboxylic acids is 1. The fourth-order valence-corrected chi connectivity index (χ4v) is 5.80. The number of phenolic OH excluding ortho intramolecular Hbond substituents is 1. The number of aryl methyl sites for hydroxylation is 1. The molecule has 224 valence electrons. The van der Waals surface area contributed by atoms with Crippen LogP contribution in [0.5, 0.6) is 11.5 Å². The molecule has 11 atom stereocenters. The van der Waals surface area contributed by atoms with Crippen molar-refractivity contribution in [2.24, 2.45) is 0 Å². The number of aromatic hydroxyl groups is 1. The topological polar surface area (TPSA) is 247 Å². The summed E-state index contributed by atoms with van der Waals surface area (Å²) in [7, 11) is 0. The first-order valence-electron chi connectivity index (χ1n) is 12.9. The van der Waals surface area contributed by atoms with Gasteiger partial charge in [0.05, 0.1) is 24.3 Å². The van der Waals surface area contributed by atoms with E-state index in [1.165, 1.54) is 30.3 Å². The zero-order valence-electron chi connectivity index (χ0n) is 21.7. The maximum Gasteiger partial charge on any atom is 0.229 e. The minimum absolute atomic E-state index is 0.193. The summed E-state index contributed by atoms with van der Waals surface area (Å²) in [5, 5.41) is 105. The van der Waals surface area contributed by atoms with Gasteiger partial charge in [0, 0.05) is 11.1 Å². The summed E-state index contributed by atoms with van der Waals surface area (Å²) in [6.45, 7) is 0.0376. The number of hydrogen-bond acceptors (Lipinski definition) is 14. The Morgan fingerprint density at radius 1 is 0.805 bits per heavy atom. The Labute approximate surface area is 232 Å². The van der Waals surface area contributed by atoms with Crippen molar-refractivity contribution >= 4 is 5.78 Å². The third-order valence-corrected chi connectivity index (χ3v) is 7.96. The van der Waals surface area contributed by atoms with Crippen LogP contribution in [-0.4, -0.2) is 131 Å². The normalized spacial score (nSPS) is 38.7. The Balaban J connectivity index is 1.68. The van der Waals surface area contributed by atoms with Crippen LogP contribution in [0.4, 0.5) is 0 Å². The number of carbonyl (C=O) groups is 1. The first kappa shape index (κ1) is 29.8. The molecule has 2 fully saturated rings.